The van der Waals surface area contributed by atoms with E-state index in [0.29, 0.717) is 12.3 Å². The number of methoxy groups -OCH3 is 1. The average Bonchev–Trinajstić information content (AvgIpc) is 2.67. The summed E-state index contributed by atoms with van der Waals surface area (Å²) in [5, 5.41) is 0. The lowest BCUT2D eigenvalue weighted by atomic mass is 10.0. The Morgan fingerprint density at radius 2 is 1.68 bits per heavy atom. The third-order valence-electron chi connectivity index (χ3n) is 4.29. The van der Waals surface area contributed by atoms with Gasteiger partial charge in [0.15, 0.2) is 0 Å². The van der Waals surface area contributed by atoms with Crippen molar-refractivity contribution in [3.8, 4) is 5.75 Å². The quantitative estimate of drug-likeness (QED) is 0.643. The Morgan fingerprint density at radius 3 is 2.18 bits per heavy atom. The van der Waals surface area contributed by atoms with Gasteiger partial charge < -0.3 is 9.64 Å². The zero-order valence-corrected chi connectivity index (χ0v) is 18.7. The summed E-state index contributed by atoms with van der Waals surface area (Å²) in [6.45, 7) is 4.01. The molecule has 0 radical (unpaired) electrons. The van der Waals surface area contributed by atoms with Gasteiger partial charge in [0.1, 0.15) is 11.8 Å². The number of nitrogens with one attached hydrogen (secondary N) is 1. The molecule has 0 aromatic heterocycles. The molecule has 28 heavy (non-hydrogen) atoms. The molecule has 1 amide bonds. The zero-order valence-electron chi connectivity index (χ0n) is 16.3. The highest BCUT2D eigenvalue weighted by atomic mass is 79.9. The summed E-state index contributed by atoms with van der Waals surface area (Å²) in [5.41, 5.74) is 0.958. The van der Waals surface area contributed by atoms with E-state index in [2.05, 4.69) is 20.7 Å². The number of nitrogens with zero attached hydrogens (tertiary/aromatic N) is 1. The van der Waals surface area contributed by atoms with Crippen LogP contribution in [0.15, 0.2) is 57.9 Å². The fourth-order valence-corrected chi connectivity index (χ4v) is 4.24. The standard InChI is InChI=1S/C20H25BrN2O4S/c1-14(2)19(20(24)23(3)13-15-5-7-16(21)8-6-15)22-28(25,26)18-11-9-17(27-4)10-12-18/h5-12,14,19,22H,13H2,1-4H3/t19-/m0/s1. The smallest absolute Gasteiger partial charge is 0.241 e. The molecule has 0 unspecified atom stereocenters. The monoisotopic (exact) mass is 468 g/mol. The molecule has 1 atom stereocenters. The van der Waals surface area contributed by atoms with Crippen molar-refractivity contribution in [2.75, 3.05) is 14.2 Å². The molecule has 0 spiro atoms. The van der Waals surface area contributed by atoms with E-state index in [4.69, 9.17) is 4.74 Å². The summed E-state index contributed by atoms with van der Waals surface area (Å²) < 4.78 is 34.0. The normalized spacial score (nSPS) is 12.6. The fourth-order valence-electron chi connectivity index (χ4n) is 2.64. The van der Waals surface area contributed by atoms with Crippen LogP contribution in [-0.4, -0.2) is 39.4 Å². The Bertz CT molecular complexity index is 897. The summed E-state index contributed by atoms with van der Waals surface area (Å²) >= 11 is 3.38. The van der Waals surface area contributed by atoms with Gasteiger partial charge in [-0.3, -0.25) is 4.79 Å². The largest absolute Gasteiger partial charge is 0.497 e. The first-order chi connectivity index (χ1) is 13.1. The van der Waals surface area contributed by atoms with E-state index in [1.807, 2.05) is 38.1 Å². The van der Waals surface area contributed by atoms with Crippen LogP contribution >= 0.6 is 15.9 Å². The minimum Gasteiger partial charge on any atom is -0.497 e. The van der Waals surface area contributed by atoms with Crippen LogP contribution in [0.3, 0.4) is 0 Å². The van der Waals surface area contributed by atoms with Crippen molar-refractivity contribution in [2.24, 2.45) is 5.92 Å². The van der Waals surface area contributed by atoms with Gasteiger partial charge in [0, 0.05) is 18.1 Å². The van der Waals surface area contributed by atoms with Gasteiger partial charge in [-0.25, -0.2) is 8.42 Å². The first-order valence-corrected chi connectivity index (χ1v) is 11.1. The molecular formula is C20H25BrN2O4S. The first kappa shape index (κ1) is 22.4. The van der Waals surface area contributed by atoms with E-state index < -0.39 is 16.1 Å². The number of ether oxygens (including phenoxy) is 1. The lowest BCUT2D eigenvalue weighted by molar-refractivity contribution is -0.133. The van der Waals surface area contributed by atoms with Crippen LogP contribution in [0.25, 0.3) is 0 Å². The van der Waals surface area contributed by atoms with Crippen LogP contribution in [0.2, 0.25) is 0 Å². The number of halogens is 1. The summed E-state index contributed by atoms with van der Waals surface area (Å²) in [4.78, 5) is 14.6. The molecule has 0 aliphatic carbocycles. The topological polar surface area (TPSA) is 75.7 Å². The number of carbonyl (C=O) groups excluding carboxylic acids is 1. The van der Waals surface area contributed by atoms with Crippen molar-refractivity contribution in [1.82, 2.24) is 9.62 Å². The van der Waals surface area contributed by atoms with E-state index >= 15 is 0 Å². The Morgan fingerprint density at radius 1 is 1.11 bits per heavy atom. The Balaban J connectivity index is 2.16. The highest BCUT2D eigenvalue weighted by Crippen LogP contribution is 2.18. The minimum absolute atomic E-state index is 0.0855. The molecule has 0 heterocycles. The Hall–Kier alpha value is -1.90. The zero-order chi connectivity index (χ0) is 20.9. The number of amides is 1. The third kappa shape index (κ3) is 5.80. The number of likely N-dealkylation sites (N-methyl/N-ethyl adjacent to an activating group) is 1. The SMILES string of the molecule is COc1ccc(S(=O)(=O)N[C@H](C(=O)N(C)Cc2ccc(Br)cc2)C(C)C)cc1. The number of rotatable bonds is 8. The van der Waals surface area contributed by atoms with Crippen molar-refractivity contribution in [3.63, 3.8) is 0 Å². The molecule has 0 saturated carbocycles. The highest BCUT2D eigenvalue weighted by molar-refractivity contribution is 9.10. The number of hydrogen-bond acceptors (Lipinski definition) is 4. The molecule has 0 fully saturated rings. The van der Waals surface area contributed by atoms with Crippen LogP contribution < -0.4 is 9.46 Å². The lowest BCUT2D eigenvalue weighted by Gasteiger charge is -2.27. The van der Waals surface area contributed by atoms with Crippen molar-refractivity contribution >= 4 is 31.9 Å². The lowest BCUT2D eigenvalue weighted by Crippen LogP contribution is -2.49. The van der Waals surface area contributed by atoms with E-state index in [1.165, 1.54) is 24.1 Å². The number of hydrogen-bond donors (Lipinski definition) is 1. The van der Waals surface area contributed by atoms with Gasteiger partial charge in [-0.05, 0) is 47.9 Å². The molecule has 2 aromatic rings. The van der Waals surface area contributed by atoms with E-state index in [1.54, 1.807) is 19.2 Å². The van der Waals surface area contributed by atoms with E-state index in [0.717, 1.165) is 10.0 Å². The molecular weight excluding hydrogens is 444 g/mol. The van der Waals surface area contributed by atoms with Gasteiger partial charge in [-0.15, -0.1) is 0 Å². The fraction of sp³-hybridized carbons (Fsp3) is 0.350. The summed E-state index contributed by atoms with van der Waals surface area (Å²) in [5.74, 6) is 0.0626. The van der Waals surface area contributed by atoms with E-state index in [-0.39, 0.29) is 16.7 Å². The predicted octanol–water partition coefficient (Wildman–Crippen LogP) is 3.42. The maximum absolute atomic E-state index is 12.9. The van der Waals surface area contributed by atoms with Crippen molar-refractivity contribution < 1.29 is 17.9 Å². The molecule has 0 saturated heterocycles. The van der Waals surface area contributed by atoms with Crippen LogP contribution in [0.1, 0.15) is 19.4 Å². The Kier molecular flexibility index (Phi) is 7.63. The average molecular weight is 469 g/mol. The van der Waals surface area contributed by atoms with Gasteiger partial charge in [0.2, 0.25) is 15.9 Å². The number of sulfonamides is 1. The second kappa shape index (κ2) is 9.54. The highest BCUT2D eigenvalue weighted by Gasteiger charge is 2.30. The van der Waals surface area contributed by atoms with E-state index in [9.17, 15) is 13.2 Å². The molecule has 0 bridgehead atoms. The number of benzene rings is 2. The van der Waals surface area contributed by atoms with Crippen molar-refractivity contribution in [1.29, 1.82) is 0 Å². The predicted molar refractivity (Wildman–Crippen MR) is 113 cm³/mol. The second-order valence-corrected chi connectivity index (χ2v) is 9.47. The molecule has 2 aromatic carbocycles. The molecule has 2 rings (SSSR count). The molecule has 0 aliphatic heterocycles. The van der Waals surface area contributed by atoms with Crippen LogP contribution in [-0.2, 0) is 21.4 Å². The molecule has 152 valence electrons. The summed E-state index contributed by atoms with van der Waals surface area (Å²) in [6.07, 6.45) is 0. The van der Waals surface area contributed by atoms with Crippen molar-refractivity contribution in [3.05, 3.63) is 58.6 Å². The van der Waals surface area contributed by atoms with Crippen LogP contribution in [0.5, 0.6) is 5.75 Å². The van der Waals surface area contributed by atoms with Gasteiger partial charge in [-0.1, -0.05) is 41.9 Å². The summed E-state index contributed by atoms with van der Waals surface area (Å²) in [6, 6.07) is 12.8. The molecule has 8 heteroatoms. The van der Waals surface area contributed by atoms with Crippen molar-refractivity contribution in [2.45, 2.75) is 31.3 Å². The molecule has 6 nitrogen and oxygen atoms in total. The number of carbonyl (C=O) groups is 1. The Labute approximate surface area is 175 Å². The second-order valence-electron chi connectivity index (χ2n) is 6.84. The third-order valence-corrected chi connectivity index (χ3v) is 6.28. The first-order valence-electron chi connectivity index (χ1n) is 8.80. The minimum atomic E-state index is -3.85. The van der Waals surface area contributed by atoms with Gasteiger partial charge in [0.05, 0.1) is 12.0 Å². The maximum Gasteiger partial charge on any atom is 0.241 e. The molecule has 1 N–H and O–H groups in total. The van der Waals surface area contributed by atoms with Gasteiger partial charge in [0.25, 0.3) is 0 Å². The summed E-state index contributed by atoms with van der Waals surface area (Å²) in [7, 11) is -0.667. The van der Waals surface area contributed by atoms with Gasteiger partial charge >= 0.3 is 0 Å². The molecule has 0 aliphatic rings. The maximum atomic E-state index is 12.9. The van der Waals surface area contributed by atoms with Crippen LogP contribution in [0, 0.1) is 5.92 Å². The van der Waals surface area contributed by atoms with Crippen LogP contribution in [0.4, 0.5) is 0 Å². The van der Waals surface area contributed by atoms with Gasteiger partial charge in [-0.2, -0.15) is 4.72 Å².